The predicted molar refractivity (Wildman–Crippen MR) is 58.3 cm³/mol. The molecule has 0 saturated heterocycles. The molecule has 14 heavy (non-hydrogen) atoms. The highest BCUT2D eigenvalue weighted by Gasteiger charge is 2.15. The van der Waals surface area contributed by atoms with Crippen molar-refractivity contribution in [1.82, 2.24) is 4.37 Å². The fourth-order valence-electron chi connectivity index (χ4n) is 0.949. The molecule has 5 N–H and O–H groups in total. The highest BCUT2D eigenvalue weighted by molar-refractivity contribution is 7.11. The van der Waals surface area contributed by atoms with Crippen molar-refractivity contribution in [3.63, 3.8) is 0 Å². The zero-order valence-electron chi connectivity index (χ0n) is 7.62. The summed E-state index contributed by atoms with van der Waals surface area (Å²) in [6.07, 6.45) is 2.58. The zero-order valence-corrected chi connectivity index (χ0v) is 8.43. The van der Waals surface area contributed by atoms with E-state index in [1.165, 1.54) is 0 Å². The summed E-state index contributed by atoms with van der Waals surface area (Å²) in [6.45, 7) is 4.27. The van der Waals surface area contributed by atoms with Crippen molar-refractivity contribution in [3.8, 4) is 0 Å². The number of hydrogen-bond donors (Lipinski definition) is 3. The molecule has 0 aromatic carbocycles. The van der Waals surface area contributed by atoms with Crippen molar-refractivity contribution in [2.75, 3.05) is 17.6 Å². The third-order valence-electron chi connectivity index (χ3n) is 1.60. The van der Waals surface area contributed by atoms with E-state index in [1.54, 1.807) is 6.08 Å². The molecule has 0 bridgehead atoms. The Kier molecular flexibility index (Phi) is 3.47. The van der Waals surface area contributed by atoms with E-state index >= 15 is 0 Å². The summed E-state index contributed by atoms with van der Waals surface area (Å²) in [6, 6.07) is 0. The molecule has 0 fully saturated rings. The van der Waals surface area contributed by atoms with Gasteiger partial charge in [0.25, 0.3) is 5.91 Å². The summed E-state index contributed by atoms with van der Waals surface area (Å²) in [5.41, 5.74) is 10.9. The molecular weight excluding hydrogens is 200 g/mol. The first kappa shape index (κ1) is 10.5. The van der Waals surface area contributed by atoms with E-state index in [-0.39, 0.29) is 11.4 Å². The van der Waals surface area contributed by atoms with E-state index in [0.29, 0.717) is 11.5 Å². The van der Waals surface area contributed by atoms with Crippen LogP contribution in [0.3, 0.4) is 0 Å². The van der Waals surface area contributed by atoms with Crippen molar-refractivity contribution in [1.29, 1.82) is 0 Å². The molecule has 1 rings (SSSR count). The van der Waals surface area contributed by atoms with Gasteiger partial charge in [0.15, 0.2) is 5.82 Å². The number of carbonyl (C=O) groups excluding carboxylic acids is 1. The van der Waals surface area contributed by atoms with Crippen molar-refractivity contribution in [2.24, 2.45) is 5.73 Å². The Balaban J connectivity index is 2.76. The van der Waals surface area contributed by atoms with E-state index in [0.717, 1.165) is 18.0 Å². The molecule has 0 atom stereocenters. The quantitative estimate of drug-likeness (QED) is 0.497. The lowest BCUT2D eigenvalue weighted by Crippen LogP contribution is -2.14. The molecule has 1 aromatic rings. The van der Waals surface area contributed by atoms with E-state index in [2.05, 4.69) is 16.3 Å². The van der Waals surface area contributed by atoms with Gasteiger partial charge >= 0.3 is 0 Å². The van der Waals surface area contributed by atoms with Crippen LogP contribution in [0.15, 0.2) is 12.7 Å². The van der Waals surface area contributed by atoms with Gasteiger partial charge in [0.2, 0.25) is 0 Å². The van der Waals surface area contributed by atoms with Crippen LogP contribution in [0, 0.1) is 0 Å². The Morgan fingerprint density at radius 1 is 1.71 bits per heavy atom. The van der Waals surface area contributed by atoms with Crippen LogP contribution in [0.1, 0.15) is 16.8 Å². The SMILES string of the molecule is C=CCCNc1snc(N)c1C(N)=O. The Morgan fingerprint density at radius 3 is 3.00 bits per heavy atom. The maximum atomic E-state index is 11.0. The van der Waals surface area contributed by atoms with Gasteiger partial charge in [0.1, 0.15) is 10.6 Å². The van der Waals surface area contributed by atoms with Gasteiger partial charge in [0.05, 0.1) is 0 Å². The third-order valence-corrected chi connectivity index (χ3v) is 2.42. The number of nitrogen functional groups attached to an aromatic ring is 1. The Hall–Kier alpha value is -1.56. The molecule has 76 valence electrons. The number of rotatable bonds is 5. The van der Waals surface area contributed by atoms with Crippen LogP contribution in [0.25, 0.3) is 0 Å². The average Bonchev–Trinajstić information content (AvgIpc) is 2.47. The molecular formula is C8H12N4OS. The standard InChI is InChI=1S/C8H12N4OS/c1-2-3-4-11-8-5(7(10)13)6(9)12-14-8/h2,11H,1,3-4H2,(H2,9,12)(H2,10,13). The summed E-state index contributed by atoms with van der Waals surface area (Å²) in [5, 5.41) is 3.64. The van der Waals surface area contributed by atoms with E-state index in [9.17, 15) is 4.79 Å². The number of hydrogen-bond acceptors (Lipinski definition) is 5. The van der Waals surface area contributed by atoms with Crippen LogP contribution in [0.2, 0.25) is 0 Å². The minimum Gasteiger partial charge on any atom is -0.382 e. The van der Waals surface area contributed by atoms with Crippen LogP contribution in [0.4, 0.5) is 10.8 Å². The first-order chi connectivity index (χ1) is 6.66. The molecule has 0 spiro atoms. The molecule has 0 saturated carbocycles. The monoisotopic (exact) mass is 212 g/mol. The molecule has 0 aliphatic rings. The maximum absolute atomic E-state index is 11.0. The average molecular weight is 212 g/mol. The van der Waals surface area contributed by atoms with Crippen molar-refractivity contribution >= 4 is 28.3 Å². The van der Waals surface area contributed by atoms with Gasteiger partial charge in [-0.15, -0.1) is 6.58 Å². The van der Waals surface area contributed by atoms with Crippen LogP contribution < -0.4 is 16.8 Å². The second kappa shape index (κ2) is 4.61. The van der Waals surface area contributed by atoms with Gasteiger partial charge in [-0.3, -0.25) is 4.79 Å². The third kappa shape index (κ3) is 2.23. The Bertz CT molecular complexity index is 347. The van der Waals surface area contributed by atoms with Gasteiger partial charge in [-0.1, -0.05) is 6.08 Å². The Labute approximate surface area is 86.0 Å². The molecule has 0 aliphatic heterocycles. The highest BCUT2D eigenvalue weighted by atomic mass is 32.1. The van der Waals surface area contributed by atoms with Crippen LogP contribution in [-0.4, -0.2) is 16.8 Å². The summed E-state index contributed by atoms with van der Waals surface area (Å²) in [4.78, 5) is 11.0. The molecule has 0 radical (unpaired) electrons. The van der Waals surface area contributed by atoms with Crippen molar-refractivity contribution in [2.45, 2.75) is 6.42 Å². The van der Waals surface area contributed by atoms with Crippen LogP contribution in [0.5, 0.6) is 0 Å². The first-order valence-corrected chi connectivity index (χ1v) is 4.84. The number of aromatic nitrogens is 1. The second-order valence-electron chi connectivity index (χ2n) is 2.64. The van der Waals surface area contributed by atoms with Crippen molar-refractivity contribution < 1.29 is 4.79 Å². The van der Waals surface area contributed by atoms with Crippen LogP contribution in [-0.2, 0) is 0 Å². The number of nitrogens with two attached hydrogens (primary N) is 2. The number of anilines is 2. The summed E-state index contributed by atoms with van der Waals surface area (Å²) >= 11 is 1.13. The van der Waals surface area contributed by atoms with E-state index in [1.807, 2.05) is 0 Å². The normalized spacial score (nSPS) is 9.71. The molecule has 0 aliphatic carbocycles. The first-order valence-electron chi connectivity index (χ1n) is 4.06. The minimum atomic E-state index is -0.558. The van der Waals surface area contributed by atoms with Gasteiger partial charge in [-0.25, -0.2) is 0 Å². The highest BCUT2D eigenvalue weighted by Crippen LogP contribution is 2.25. The van der Waals surface area contributed by atoms with Gasteiger partial charge in [0, 0.05) is 6.54 Å². The van der Waals surface area contributed by atoms with E-state index in [4.69, 9.17) is 11.5 Å². The van der Waals surface area contributed by atoms with Gasteiger partial charge in [-0.2, -0.15) is 4.37 Å². The van der Waals surface area contributed by atoms with Crippen LogP contribution >= 0.6 is 11.5 Å². The number of carbonyl (C=O) groups is 1. The molecule has 5 nitrogen and oxygen atoms in total. The predicted octanol–water partition coefficient (Wildman–Crippen LogP) is 0.812. The number of amides is 1. The van der Waals surface area contributed by atoms with Gasteiger partial charge < -0.3 is 16.8 Å². The second-order valence-corrected chi connectivity index (χ2v) is 3.41. The molecule has 1 aromatic heterocycles. The molecule has 1 amide bonds. The molecule has 6 heteroatoms. The zero-order chi connectivity index (χ0) is 10.6. The lowest BCUT2D eigenvalue weighted by molar-refractivity contribution is 0.100. The Morgan fingerprint density at radius 2 is 2.43 bits per heavy atom. The maximum Gasteiger partial charge on any atom is 0.255 e. The largest absolute Gasteiger partial charge is 0.382 e. The number of nitrogens with zero attached hydrogens (tertiary/aromatic N) is 1. The smallest absolute Gasteiger partial charge is 0.255 e. The summed E-state index contributed by atoms with van der Waals surface area (Å²) < 4.78 is 3.85. The fourth-order valence-corrected chi connectivity index (χ4v) is 1.69. The van der Waals surface area contributed by atoms with E-state index < -0.39 is 5.91 Å². The summed E-state index contributed by atoms with van der Waals surface area (Å²) in [7, 11) is 0. The lowest BCUT2D eigenvalue weighted by Gasteiger charge is -2.02. The topological polar surface area (TPSA) is 94.0 Å². The van der Waals surface area contributed by atoms with Crippen molar-refractivity contribution in [3.05, 3.63) is 18.2 Å². The molecule has 0 unspecified atom stereocenters. The van der Waals surface area contributed by atoms with Gasteiger partial charge in [-0.05, 0) is 18.0 Å². The fraction of sp³-hybridized carbons (Fsp3) is 0.250. The number of primary amides is 1. The number of nitrogens with one attached hydrogen (secondary N) is 1. The summed E-state index contributed by atoms with van der Waals surface area (Å²) in [5.74, 6) is -0.374. The minimum absolute atomic E-state index is 0.184. The lowest BCUT2D eigenvalue weighted by atomic mass is 10.3. The molecule has 1 heterocycles.